The fourth-order valence-corrected chi connectivity index (χ4v) is 4.79. The highest BCUT2D eigenvalue weighted by molar-refractivity contribution is 7.89. The van der Waals surface area contributed by atoms with E-state index in [1.165, 1.54) is 12.1 Å². The summed E-state index contributed by atoms with van der Waals surface area (Å²) < 4.78 is 41.3. The summed E-state index contributed by atoms with van der Waals surface area (Å²) in [4.78, 5) is 23.6. The van der Waals surface area contributed by atoms with Crippen molar-refractivity contribution in [3.63, 3.8) is 0 Å². The number of aliphatic carboxylic acids is 1. The second kappa shape index (κ2) is 9.15. The van der Waals surface area contributed by atoms with Crippen molar-refractivity contribution in [3.8, 4) is 0 Å². The topological polar surface area (TPSA) is 113 Å². The van der Waals surface area contributed by atoms with Gasteiger partial charge in [-0.1, -0.05) is 17.7 Å². The number of anilines is 1. The van der Waals surface area contributed by atoms with Crippen molar-refractivity contribution in [3.05, 3.63) is 58.9 Å². The van der Waals surface area contributed by atoms with Crippen molar-refractivity contribution in [1.82, 2.24) is 4.72 Å². The first-order valence-corrected chi connectivity index (χ1v) is 10.4. The third kappa shape index (κ3) is 6.10. The molecule has 1 unspecified atom stereocenters. The van der Waals surface area contributed by atoms with Crippen LogP contribution in [0.4, 0.5) is 10.1 Å². The summed E-state index contributed by atoms with van der Waals surface area (Å²) >= 11 is 0. The molecular weight excluding hydrogens is 399 g/mol. The molecule has 0 radical (unpaired) electrons. The maximum atomic E-state index is 13.0. The molecule has 0 bridgehead atoms. The number of carboxylic acids is 1. The van der Waals surface area contributed by atoms with E-state index >= 15 is 0 Å². The molecule has 0 saturated carbocycles. The SMILES string of the molecule is Cc1cc(C)c(S(=O)(=O)NC(CCC(=O)O)C(=O)Nc2ccc(F)cc2)c(C)c1. The number of amides is 1. The first kappa shape index (κ1) is 22.5. The Labute approximate surface area is 169 Å². The molecule has 0 fully saturated rings. The summed E-state index contributed by atoms with van der Waals surface area (Å²) in [6.45, 7) is 5.15. The summed E-state index contributed by atoms with van der Waals surface area (Å²) in [6.07, 6.45) is -0.651. The molecule has 7 nitrogen and oxygen atoms in total. The van der Waals surface area contributed by atoms with E-state index in [9.17, 15) is 22.4 Å². The number of rotatable bonds is 8. The number of carboxylic acid groups (broad SMARTS) is 1. The number of nitrogens with one attached hydrogen (secondary N) is 2. The molecule has 0 aliphatic heterocycles. The van der Waals surface area contributed by atoms with E-state index in [4.69, 9.17) is 5.11 Å². The van der Waals surface area contributed by atoms with Gasteiger partial charge < -0.3 is 10.4 Å². The van der Waals surface area contributed by atoms with Crippen LogP contribution < -0.4 is 10.0 Å². The van der Waals surface area contributed by atoms with E-state index in [0.717, 1.165) is 17.7 Å². The lowest BCUT2D eigenvalue weighted by atomic mass is 10.1. The van der Waals surface area contributed by atoms with Crippen LogP contribution in [0.15, 0.2) is 41.3 Å². The Hall–Kier alpha value is -2.78. The average Bonchev–Trinajstić information content (AvgIpc) is 2.59. The van der Waals surface area contributed by atoms with Gasteiger partial charge in [0.2, 0.25) is 15.9 Å². The molecule has 1 atom stereocenters. The van der Waals surface area contributed by atoms with Gasteiger partial charge in [-0.15, -0.1) is 0 Å². The minimum absolute atomic E-state index is 0.0537. The van der Waals surface area contributed by atoms with Crippen LogP contribution >= 0.6 is 0 Å². The number of carbonyl (C=O) groups excluding carboxylic acids is 1. The van der Waals surface area contributed by atoms with Crippen molar-refractivity contribution in [2.45, 2.75) is 44.6 Å². The highest BCUT2D eigenvalue weighted by Gasteiger charge is 2.28. The molecular formula is C20H23FN2O5S. The number of benzene rings is 2. The lowest BCUT2D eigenvalue weighted by Crippen LogP contribution is -2.44. The van der Waals surface area contributed by atoms with Gasteiger partial charge >= 0.3 is 5.97 Å². The smallest absolute Gasteiger partial charge is 0.303 e. The van der Waals surface area contributed by atoms with E-state index in [1.807, 2.05) is 6.92 Å². The summed E-state index contributed by atoms with van der Waals surface area (Å²) in [5.74, 6) is -2.38. The molecule has 29 heavy (non-hydrogen) atoms. The van der Waals surface area contributed by atoms with Gasteiger partial charge in [-0.05, 0) is 62.6 Å². The number of carbonyl (C=O) groups is 2. The van der Waals surface area contributed by atoms with Crippen LogP contribution in [0.2, 0.25) is 0 Å². The standard InChI is InChI=1S/C20H23FN2O5S/c1-12-10-13(2)19(14(3)11-12)29(27,28)23-17(8-9-18(24)25)20(26)22-16-6-4-15(21)5-7-16/h4-7,10-11,17,23H,8-9H2,1-3H3,(H,22,26)(H,24,25). The van der Waals surface area contributed by atoms with Crippen LogP contribution in [0.5, 0.6) is 0 Å². The number of sulfonamides is 1. The highest BCUT2D eigenvalue weighted by Crippen LogP contribution is 2.22. The second-order valence-corrected chi connectivity index (χ2v) is 8.48. The van der Waals surface area contributed by atoms with Gasteiger partial charge in [-0.2, -0.15) is 4.72 Å². The van der Waals surface area contributed by atoms with E-state index in [1.54, 1.807) is 26.0 Å². The minimum Gasteiger partial charge on any atom is -0.481 e. The molecule has 0 aliphatic carbocycles. The molecule has 1 amide bonds. The summed E-state index contributed by atoms with van der Waals surface area (Å²) in [6, 6.07) is 7.05. The monoisotopic (exact) mass is 422 g/mol. The molecule has 0 saturated heterocycles. The maximum Gasteiger partial charge on any atom is 0.303 e. The third-order valence-electron chi connectivity index (χ3n) is 4.25. The van der Waals surface area contributed by atoms with Gasteiger partial charge in [0.15, 0.2) is 0 Å². The summed E-state index contributed by atoms with van der Waals surface area (Å²) in [7, 11) is -4.09. The number of aryl methyl sites for hydroxylation is 3. The zero-order valence-corrected chi connectivity index (χ0v) is 17.1. The fourth-order valence-electron chi connectivity index (χ4n) is 3.11. The van der Waals surface area contributed by atoms with Gasteiger partial charge in [0.25, 0.3) is 0 Å². The Morgan fingerprint density at radius 1 is 1.07 bits per heavy atom. The Morgan fingerprint density at radius 2 is 1.62 bits per heavy atom. The molecule has 3 N–H and O–H groups in total. The molecule has 2 rings (SSSR count). The van der Waals surface area contributed by atoms with Crippen LogP contribution in [0.3, 0.4) is 0 Å². The predicted octanol–water partition coefficient (Wildman–Crippen LogP) is 2.90. The van der Waals surface area contributed by atoms with Crippen LogP contribution in [0.1, 0.15) is 29.5 Å². The first-order valence-electron chi connectivity index (χ1n) is 8.88. The van der Waals surface area contributed by atoms with E-state index in [0.29, 0.717) is 11.1 Å². The lowest BCUT2D eigenvalue weighted by molar-refractivity contribution is -0.137. The van der Waals surface area contributed by atoms with Crippen LogP contribution in [-0.2, 0) is 19.6 Å². The van der Waals surface area contributed by atoms with Crippen molar-refractivity contribution in [2.75, 3.05) is 5.32 Å². The number of halogens is 1. The van der Waals surface area contributed by atoms with Gasteiger partial charge in [0.05, 0.1) is 4.90 Å². The predicted molar refractivity (Wildman–Crippen MR) is 107 cm³/mol. The van der Waals surface area contributed by atoms with E-state index < -0.39 is 40.2 Å². The third-order valence-corrected chi connectivity index (χ3v) is 6.02. The normalized spacial score (nSPS) is 12.4. The summed E-state index contributed by atoms with van der Waals surface area (Å²) in [5.41, 5.74) is 2.20. The van der Waals surface area contributed by atoms with Crippen molar-refractivity contribution < 1.29 is 27.5 Å². The maximum absolute atomic E-state index is 13.0. The molecule has 9 heteroatoms. The average molecular weight is 422 g/mol. The van der Waals surface area contributed by atoms with Gasteiger partial charge in [0.1, 0.15) is 11.9 Å². The Bertz CT molecular complexity index is 997. The van der Waals surface area contributed by atoms with Gasteiger partial charge in [-0.25, -0.2) is 12.8 Å². The number of hydrogen-bond acceptors (Lipinski definition) is 4. The Kier molecular flexibility index (Phi) is 7.10. The molecule has 0 spiro atoms. The number of hydrogen-bond donors (Lipinski definition) is 3. The largest absolute Gasteiger partial charge is 0.481 e. The highest BCUT2D eigenvalue weighted by atomic mass is 32.2. The first-order chi connectivity index (χ1) is 13.5. The zero-order valence-electron chi connectivity index (χ0n) is 16.3. The molecule has 156 valence electrons. The van der Waals surface area contributed by atoms with Crippen LogP contribution in [0.25, 0.3) is 0 Å². The second-order valence-electron chi connectivity index (χ2n) is 6.83. The molecule has 2 aromatic rings. The summed E-state index contributed by atoms with van der Waals surface area (Å²) in [5, 5.41) is 11.4. The Balaban J connectivity index is 2.30. The molecule has 0 heterocycles. The molecule has 0 aromatic heterocycles. The Morgan fingerprint density at radius 3 is 2.14 bits per heavy atom. The fraction of sp³-hybridized carbons (Fsp3) is 0.300. The van der Waals surface area contributed by atoms with Gasteiger partial charge in [0, 0.05) is 12.1 Å². The van der Waals surface area contributed by atoms with Crippen LogP contribution in [-0.4, -0.2) is 31.4 Å². The van der Waals surface area contributed by atoms with E-state index in [-0.39, 0.29) is 17.0 Å². The van der Waals surface area contributed by atoms with E-state index in [2.05, 4.69) is 10.0 Å². The quantitative estimate of drug-likeness (QED) is 0.606. The lowest BCUT2D eigenvalue weighted by Gasteiger charge is -2.20. The van der Waals surface area contributed by atoms with Crippen molar-refractivity contribution in [2.24, 2.45) is 0 Å². The zero-order chi connectivity index (χ0) is 21.8. The van der Waals surface area contributed by atoms with Crippen molar-refractivity contribution in [1.29, 1.82) is 0 Å². The molecule has 0 aliphatic rings. The van der Waals surface area contributed by atoms with Gasteiger partial charge in [-0.3, -0.25) is 9.59 Å². The molecule has 2 aromatic carbocycles. The minimum atomic E-state index is -4.09. The van der Waals surface area contributed by atoms with Crippen LogP contribution in [0, 0.1) is 26.6 Å². The van der Waals surface area contributed by atoms with Crippen molar-refractivity contribution >= 4 is 27.6 Å².